The molecule has 4 atom stereocenters. The van der Waals surface area contributed by atoms with Gasteiger partial charge in [-0.1, -0.05) is 45.9 Å². The molecule has 1 aliphatic heterocycles. The lowest BCUT2D eigenvalue weighted by Crippen LogP contribution is -2.85. The lowest BCUT2D eigenvalue weighted by atomic mass is 9.36. The number of nitrogens with zero attached hydrogens (tertiary/aromatic N) is 1. The summed E-state index contributed by atoms with van der Waals surface area (Å²) in [6.45, 7) is 8.00. The van der Waals surface area contributed by atoms with E-state index in [2.05, 4.69) is 24.1 Å². The second kappa shape index (κ2) is 5.80. The van der Waals surface area contributed by atoms with Crippen molar-refractivity contribution in [3.05, 3.63) is 35.4 Å². The molecule has 24 heavy (non-hydrogen) atoms. The standard InChI is InChI=1S/C17H19NO2.2C2H6/c1-18-11-8-10-4-5-12(19)14(20)13(10)16-6-2-3-7-17(18,9-16)15(11)16;2*1-2/h3-5,7,11,15,19-20H,2,6,8-9H2,1H3;2*1-2H3. The molecule has 1 heterocycles. The van der Waals surface area contributed by atoms with Crippen molar-refractivity contribution in [2.45, 2.75) is 70.4 Å². The molecule has 1 saturated heterocycles. The van der Waals surface area contributed by atoms with E-state index < -0.39 is 0 Å². The van der Waals surface area contributed by atoms with E-state index in [0.717, 1.165) is 31.2 Å². The van der Waals surface area contributed by atoms with Crippen LogP contribution >= 0.6 is 0 Å². The van der Waals surface area contributed by atoms with Gasteiger partial charge in [-0.05, 0) is 44.4 Å². The summed E-state index contributed by atoms with van der Waals surface area (Å²) in [5.41, 5.74) is 2.63. The van der Waals surface area contributed by atoms with Gasteiger partial charge in [0.2, 0.25) is 0 Å². The second-order valence-electron chi connectivity index (χ2n) is 7.09. The van der Waals surface area contributed by atoms with E-state index in [-0.39, 0.29) is 22.5 Å². The number of piperidine rings is 1. The van der Waals surface area contributed by atoms with Crippen molar-refractivity contribution < 1.29 is 10.2 Å². The summed E-state index contributed by atoms with van der Waals surface area (Å²) in [7, 11) is 2.24. The fraction of sp³-hybridized carbons (Fsp3) is 0.619. The van der Waals surface area contributed by atoms with Crippen LogP contribution in [0.15, 0.2) is 24.3 Å². The molecule has 4 unspecified atom stereocenters. The minimum absolute atomic E-state index is 0.0407. The largest absolute Gasteiger partial charge is 0.504 e. The average molecular weight is 329 g/mol. The monoisotopic (exact) mass is 329 g/mol. The molecule has 1 aromatic rings. The molecule has 0 aromatic heterocycles. The Morgan fingerprint density at radius 1 is 1.12 bits per heavy atom. The number of likely N-dealkylation sites (N-methyl/N-ethyl adjacent to an activating group) is 1. The van der Waals surface area contributed by atoms with Crippen LogP contribution < -0.4 is 0 Å². The molecule has 0 amide bonds. The maximum Gasteiger partial charge on any atom is 0.161 e. The van der Waals surface area contributed by atoms with E-state index >= 15 is 0 Å². The van der Waals surface area contributed by atoms with E-state index in [9.17, 15) is 10.2 Å². The average Bonchev–Trinajstić information content (AvgIpc) is 2.90. The summed E-state index contributed by atoms with van der Waals surface area (Å²) in [5, 5.41) is 20.4. The zero-order valence-electron chi connectivity index (χ0n) is 15.6. The zero-order chi connectivity index (χ0) is 17.7. The van der Waals surface area contributed by atoms with Crippen molar-refractivity contribution in [3.8, 4) is 11.5 Å². The Balaban J connectivity index is 0.000000396. The summed E-state index contributed by atoms with van der Waals surface area (Å²) >= 11 is 0. The molecule has 2 bridgehead atoms. The number of allylic oxidation sites excluding steroid dienone is 1. The van der Waals surface area contributed by atoms with Gasteiger partial charge in [0, 0.05) is 28.5 Å². The minimum atomic E-state index is 0.0407. The fourth-order valence-corrected chi connectivity index (χ4v) is 5.92. The Hall–Kier alpha value is -1.48. The third-order valence-electron chi connectivity index (χ3n) is 6.60. The predicted octanol–water partition coefficient (Wildman–Crippen LogP) is 4.37. The lowest BCUT2D eigenvalue weighted by Gasteiger charge is -2.78. The van der Waals surface area contributed by atoms with E-state index in [0.29, 0.717) is 12.0 Å². The molecular weight excluding hydrogens is 298 g/mol. The molecule has 2 N–H and O–H groups in total. The molecule has 1 saturated carbocycles. The van der Waals surface area contributed by atoms with Gasteiger partial charge in [0.15, 0.2) is 11.5 Å². The van der Waals surface area contributed by atoms with Crippen LogP contribution in [0.3, 0.4) is 0 Å². The summed E-state index contributed by atoms with van der Waals surface area (Å²) in [4.78, 5) is 2.53. The van der Waals surface area contributed by atoms with Crippen LogP contribution in [0, 0.1) is 5.92 Å². The van der Waals surface area contributed by atoms with E-state index in [1.54, 1.807) is 6.07 Å². The second-order valence-corrected chi connectivity index (χ2v) is 7.09. The highest BCUT2D eigenvalue weighted by atomic mass is 16.3. The van der Waals surface area contributed by atoms with Crippen LogP contribution in [-0.2, 0) is 11.8 Å². The summed E-state index contributed by atoms with van der Waals surface area (Å²) < 4.78 is 0. The Morgan fingerprint density at radius 2 is 1.83 bits per heavy atom. The summed E-state index contributed by atoms with van der Waals surface area (Å²) in [6.07, 6.45) is 9.00. The van der Waals surface area contributed by atoms with Crippen LogP contribution in [0.5, 0.6) is 11.5 Å². The quantitative estimate of drug-likeness (QED) is 0.549. The molecule has 0 radical (unpaired) electrons. The number of phenols is 2. The van der Waals surface area contributed by atoms with Crippen molar-refractivity contribution in [1.29, 1.82) is 0 Å². The molecule has 3 heteroatoms. The van der Waals surface area contributed by atoms with E-state index in [1.165, 1.54) is 5.56 Å². The van der Waals surface area contributed by atoms with Crippen molar-refractivity contribution in [2.24, 2.45) is 5.92 Å². The summed E-state index contributed by atoms with van der Waals surface area (Å²) in [6, 6.07) is 4.26. The number of benzene rings is 1. The number of fused-ring (bicyclic) bond motifs is 1. The maximum atomic E-state index is 10.4. The Kier molecular flexibility index (Phi) is 4.19. The minimum Gasteiger partial charge on any atom is -0.504 e. The van der Waals surface area contributed by atoms with Crippen LogP contribution in [0.2, 0.25) is 0 Å². The van der Waals surface area contributed by atoms with Crippen molar-refractivity contribution in [3.63, 3.8) is 0 Å². The number of aromatic hydroxyl groups is 2. The molecule has 1 aromatic carbocycles. The molecule has 3 aliphatic carbocycles. The van der Waals surface area contributed by atoms with Crippen LogP contribution in [0.4, 0.5) is 0 Å². The van der Waals surface area contributed by atoms with Gasteiger partial charge < -0.3 is 10.2 Å². The number of likely N-dealkylation sites (tertiary alicyclic amines) is 1. The third kappa shape index (κ3) is 1.77. The number of hydrogen-bond donors (Lipinski definition) is 2. The highest BCUT2D eigenvalue weighted by Gasteiger charge is 2.76. The SMILES string of the molecule is CC.CC.CN1C2Cc3ccc(O)c(O)c3C34CCC=CC1(C3)C24. The van der Waals surface area contributed by atoms with Crippen LogP contribution in [-0.4, -0.2) is 33.7 Å². The normalized spacial score (nSPS) is 37.0. The molecule has 3 nitrogen and oxygen atoms in total. The van der Waals surface area contributed by atoms with Gasteiger partial charge in [0.25, 0.3) is 0 Å². The van der Waals surface area contributed by atoms with E-state index in [1.807, 2.05) is 33.8 Å². The smallest absolute Gasteiger partial charge is 0.161 e. The van der Waals surface area contributed by atoms with Gasteiger partial charge in [0.1, 0.15) is 0 Å². The summed E-state index contributed by atoms with van der Waals surface area (Å²) in [5.74, 6) is 0.809. The van der Waals surface area contributed by atoms with Gasteiger partial charge >= 0.3 is 0 Å². The highest BCUT2D eigenvalue weighted by molar-refractivity contribution is 5.61. The first-order valence-electron chi connectivity index (χ1n) is 9.55. The molecule has 132 valence electrons. The third-order valence-corrected chi connectivity index (χ3v) is 6.60. The predicted molar refractivity (Wildman–Crippen MR) is 98.6 cm³/mol. The maximum absolute atomic E-state index is 10.4. The Labute approximate surface area is 146 Å². The molecule has 2 fully saturated rings. The lowest BCUT2D eigenvalue weighted by molar-refractivity contribution is -0.224. The Morgan fingerprint density at radius 3 is 2.54 bits per heavy atom. The molecular formula is C21H31NO2. The van der Waals surface area contributed by atoms with Crippen LogP contribution in [0.1, 0.15) is 58.1 Å². The van der Waals surface area contributed by atoms with Gasteiger partial charge in [-0.3, -0.25) is 4.90 Å². The van der Waals surface area contributed by atoms with Crippen molar-refractivity contribution >= 4 is 0 Å². The first-order valence-corrected chi connectivity index (χ1v) is 9.55. The van der Waals surface area contributed by atoms with Gasteiger partial charge in [-0.15, -0.1) is 0 Å². The van der Waals surface area contributed by atoms with Gasteiger partial charge in [-0.2, -0.15) is 0 Å². The zero-order valence-corrected chi connectivity index (χ0v) is 15.6. The first kappa shape index (κ1) is 17.3. The fourth-order valence-electron chi connectivity index (χ4n) is 5.92. The number of hydrogen-bond acceptors (Lipinski definition) is 3. The highest BCUT2D eigenvalue weighted by Crippen LogP contribution is 2.73. The first-order chi connectivity index (χ1) is 11.6. The van der Waals surface area contributed by atoms with Gasteiger partial charge in [-0.25, -0.2) is 0 Å². The van der Waals surface area contributed by atoms with Gasteiger partial charge in [0.05, 0.1) is 0 Å². The number of rotatable bonds is 0. The van der Waals surface area contributed by atoms with Crippen LogP contribution in [0.25, 0.3) is 0 Å². The molecule has 4 aliphatic rings. The molecule has 2 spiro atoms. The number of phenolic OH excluding ortho intramolecular Hbond substituents is 2. The van der Waals surface area contributed by atoms with Crippen molar-refractivity contribution in [1.82, 2.24) is 4.90 Å². The topological polar surface area (TPSA) is 43.7 Å². The van der Waals surface area contributed by atoms with E-state index in [4.69, 9.17) is 0 Å². The molecule has 5 rings (SSSR count). The van der Waals surface area contributed by atoms with Crippen molar-refractivity contribution in [2.75, 3.05) is 7.05 Å². The Bertz CT molecular complexity index is 668.